The first kappa shape index (κ1) is 23.6. The molecule has 1 heterocycles. The number of benzene rings is 2. The first-order valence-corrected chi connectivity index (χ1v) is 10.2. The van der Waals surface area contributed by atoms with Crippen LogP contribution in [0.25, 0.3) is 0 Å². The Morgan fingerprint density at radius 2 is 1.36 bits per heavy atom. The topological polar surface area (TPSA) is 36.9 Å². The van der Waals surface area contributed by atoms with Gasteiger partial charge in [0.15, 0.2) is 29.4 Å². The fourth-order valence-electron chi connectivity index (χ4n) is 3.73. The van der Waals surface area contributed by atoms with Gasteiger partial charge in [-0.1, -0.05) is 25.3 Å². The molecular weight excluding hydrogens is 461 g/mol. The quantitative estimate of drug-likeness (QED) is 0.445. The molecule has 1 saturated carbocycles. The molecule has 0 amide bonds. The van der Waals surface area contributed by atoms with Crippen LogP contribution in [0.3, 0.4) is 0 Å². The van der Waals surface area contributed by atoms with E-state index in [-0.39, 0.29) is 17.5 Å². The zero-order valence-corrected chi connectivity index (χ0v) is 17.0. The number of ether oxygens (including phenoxy) is 4. The molecule has 4 rings (SSSR count). The summed E-state index contributed by atoms with van der Waals surface area (Å²) in [5, 5.41) is 0. The van der Waals surface area contributed by atoms with Crippen LogP contribution in [0.5, 0.6) is 11.5 Å². The average Bonchev–Trinajstić information content (AvgIpc) is 2.69. The van der Waals surface area contributed by atoms with Gasteiger partial charge < -0.3 is 18.9 Å². The van der Waals surface area contributed by atoms with Crippen LogP contribution < -0.4 is 9.47 Å². The summed E-state index contributed by atoms with van der Waals surface area (Å²) in [7, 11) is 0. The van der Waals surface area contributed by atoms with Crippen molar-refractivity contribution >= 4 is 0 Å². The maximum Gasteiger partial charge on any atom is 0.573 e. The molecule has 0 N–H and O–H groups in total. The predicted molar refractivity (Wildman–Crippen MR) is 99.5 cm³/mol. The molecule has 0 radical (unpaired) electrons. The van der Waals surface area contributed by atoms with E-state index in [1.807, 2.05) is 0 Å². The highest BCUT2D eigenvalue weighted by atomic mass is 19.4. The number of hydrogen-bond acceptors (Lipinski definition) is 4. The monoisotopic (exact) mass is 480 g/mol. The van der Waals surface area contributed by atoms with Crippen LogP contribution in [-0.2, 0) is 15.6 Å². The minimum Gasteiger partial charge on any atom is -0.426 e. The van der Waals surface area contributed by atoms with Crippen LogP contribution >= 0.6 is 0 Å². The van der Waals surface area contributed by atoms with Gasteiger partial charge in [-0.2, -0.15) is 8.78 Å². The number of rotatable bonds is 6. The van der Waals surface area contributed by atoms with E-state index in [2.05, 4.69) is 9.47 Å². The molecule has 1 aliphatic carbocycles. The number of alkyl halides is 5. The summed E-state index contributed by atoms with van der Waals surface area (Å²) in [4.78, 5) is 0. The molecule has 2 aliphatic rings. The number of halogens is 7. The van der Waals surface area contributed by atoms with E-state index in [9.17, 15) is 30.7 Å². The summed E-state index contributed by atoms with van der Waals surface area (Å²) in [6.07, 6.45) is -6.86. The summed E-state index contributed by atoms with van der Waals surface area (Å²) >= 11 is 0. The molecule has 33 heavy (non-hydrogen) atoms. The Morgan fingerprint density at radius 1 is 0.758 bits per heavy atom. The normalized spacial score (nSPS) is 22.0. The summed E-state index contributed by atoms with van der Waals surface area (Å²) in [6.45, 7) is 0.903. The predicted octanol–water partition coefficient (Wildman–Crippen LogP) is 6.45. The second-order valence-corrected chi connectivity index (χ2v) is 7.95. The van der Waals surface area contributed by atoms with Gasteiger partial charge in [-0.15, -0.1) is 13.2 Å². The Labute approximate surface area is 184 Å². The van der Waals surface area contributed by atoms with Crippen molar-refractivity contribution in [3.8, 4) is 11.5 Å². The van der Waals surface area contributed by atoms with Gasteiger partial charge in [-0.3, -0.25) is 0 Å². The Balaban J connectivity index is 1.42. The Hall–Kier alpha value is -2.53. The zero-order chi connectivity index (χ0) is 23.8. The highest BCUT2D eigenvalue weighted by Crippen LogP contribution is 2.39. The molecular formula is C22H19F7O4. The lowest BCUT2D eigenvalue weighted by molar-refractivity contribution is -0.275. The zero-order valence-electron chi connectivity index (χ0n) is 17.0. The Morgan fingerprint density at radius 3 is 1.91 bits per heavy atom. The van der Waals surface area contributed by atoms with Crippen LogP contribution in [0.2, 0.25) is 0 Å². The maximum atomic E-state index is 14.5. The summed E-state index contributed by atoms with van der Waals surface area (Å²) < 4.78 is 113. The van der Waals surface area contributed by atoms with E-state index in [1.165, 1.54) is 12.5 Å². The SMILES string of the molecule is Fc1cc(C(F)(F)Oc2ccc(C3OCC(C4CCC4)CO3)cc2F)ccc1OC(F)(F)F. The third-order valence-corrected chi connectivity index (χ3v) is 5.70. The Bertz CT molecular complexity index is 983. The van der Waals surface area contributed by atoms with Crippen LogP contribution in [0, 0.1) is 23.5 Å². The van der Waals surface area contributed by atoms with E-state index >= 15 is 0 Å². The van der Waals surface area contributed by atoms with Crippen molar-refractivity contribution in [3.63, 3.8) is 0 Å². The second kappa shape index (κ2) is 9.02. The van der Waals surface area contributed by atoms with E-state index < -0.39 is 47.5 Å². The van der Waals surface area contributed by atoms with Crippen molar-refractivity contribution in [1.29, 1.82) is 0 Å². The van der Waals surface area contributed by atoms with Gasteiger partial charge in [0.1, 0.15) is 0 Å². The van der Waals surface area contributed by atoms with Gasteiger partial charge in [0.25, 0.3) is 0 Å². The molecule has 1 aliphatic heterocycles. The standard InChI is InChI=1S/C22H19F7O4/c23-16-8-13(20-30-10-14(11-31-20)12-2-1-3-12)4-6-18(16)32-21(25,26)15-5-7-19(17(24)9-15)33-22(27,28)29/h4-9,12,14,20H,1-3,10-11H2. The third kappa shape index (κ3) is 5.52. The Kier molecular flexibility index (Phi) is 6.45. The highest BCUT2D eigenvalue weighted by Gasteiger charge is 2.38. The van der Waals surface area contributed by atoms with Crippen LogP contribution in [0.15, 0.2) is 36.4 Å². The first-order chi connectivity index (χ1) is 15.5. The molecule has 0 bridgehead atoms. The van der Waals surface area contributed by atoms with Gasteiger partial charge in [0.05, 0.1) is 18.8 Å². The summed E-state index contributed by atoms with van der Waals surface area (Å²) in [5.41, 5.74) is -0.853. The minimum absolute atomic E-state index is 0.121. The van der Waals surface area contributed by atoms with Gasteiger partial charge in [0, 0.05) is 11.5 Å². The van der Waals surface area contributed by atoms with Crippen molar-refractivity contribution < 1.29 is 49.7 Å². The van der Waals surface area contributed by atoms with Crippen molar-refractivity contribution in [1.82, 2.24) is 0 Å². The van der Waals surface area contributed by atoms with Gasteiger partial charge >= 0.3 is 12.5 Å². The van der Waals surface area contributed by atoms with Gasteiger partial charge in [-0.05, 0) is 36.2 Å². The van der Waals surface area contributed by atoms with Crippen molar-refractivity contribution in [2.45, 2.75) is 38.0 Å². The molecule has 2 aromatic carbocycles. The van der Waals surface area contributed by atoms with Crippen LogP contribution in [-0.4, -0.2) is 19.6 Å². The maximum absolute atomic E-state index is 14.5. The van der Waals surface area contributed by atoms with Gasteiger partial charge in [0.2, 0.25) is 0 Å². The fraction of sp³-hybridized carbons (Fsp3) is 0.455. The summed E-state index contributed by atoms with van der Waals surface area (Å²) in [5.74, 6) is -4.13. The van der Waals surface area contributed by atoms with E-state index in [0.29, 0.717) is 31.3 Å². The average molecular weight is 480 g/mol. The minimum atomic E-state index is -5.20. The molecule has 180 valence electrons. The highest BCUT2D eigenvalue weighted by molar-refractivity contribution is 5.34. The smallest absolute Gasteiger partial charge is 0.426 e. The first-order valence-electron chi connectivity index (χ1n) is 10.2. The van der Waals surface area contributed by atoms with Crippen LogP contribution in [0.1, 0.15) is 36.7 Å². The summed E-state index contributed by atoms with van der Waals surface area (Å²) in [6, 6.07) is 4.16. The molecule has 0 aromatic heterocycles. The fourth-order valence-corrected chi connectivity index (χ4v) is 3.73. The lowest BCUT2D eigenvalue weighted by Crippen LogP contribution is -2.35. The molecule has 0 atom stereocenters. The molecule has 0 spiro atoms. The van der Waals surface area contributed by atoms with E-state index in [0.717, 1.165) is 25.0 Å². The van der Waals surface area contributed by atoms with Crippen LogP contribution in [0.4, 0.5) is 30.7 Å². The third-order valence-electron chi connectivity index (χ3n) is 5.70. The molecule has 1 saturated heterocycles. The molecule has 11 heteroatoms. The molecule has 0 unspecified atom stereocenters. The molecule has 4 nitrogen and oxygen atoms in total. The van der Waals surface area contributed by atoms with E-state index in [1.54, 1.807) is 0 Å². The lowest BCUT2D eigenvalue weighted by atomic mass is 9.76. The molecule has 2 aromatic rings. The molecule has 2 fully saturated rings. The second-order valence-electron chi connectivity index (χ2n) is 7.95. The van der Waals surface area contributed by atoms with E-state index in [4.69, 9.17) is 9.47 Å². The van der Waals surface area contributed by atoms with Crippen molar-refractivity contribution in [2.75, 3.05) is 13.2 Å². The lowest BCUT2D eigenvalue weighted by Gasteiger charge is -2.38. The van der Waals surface area contributed by atoms with Crippen molar-refractivity contribution in [2.24, 2.45) is 11.8 Å². The van der Waals surface area contributed by atoms with Gasteiger partial charge in [-0.25, -0.2) is 8.78 Å². The number of hydrogen-bond donors (Lipinski definition) is 0. The van der Waals surface area contributed by atoms with Crippen molar-refractivity contribution in [3.05, 3.63) is 59.2 Å². The largest absolute Gasteiger partial charge is 0.573 e.